The number of nitrogens with one attached hydrogen (secondary N) is 1. The van der Waals surface area contributed by atoms with E-state index in [1.54, 1.807) is 19.1 Å². The lowest BCUT2D eigenvalue weighted by atomic mass is 9.81. The second-order valence-corrected chi connectivity index (χ2v) is 8.53. The molecule has 19 heavy (non-hydrogen) atoms. The highest BCUT2D eigenvalue weighted by atomic mass is 79.9. The highest BCUT2D eigenvalue weighted by Crippen LogP contribution is 2.26. The van der Waals surface area contributed by atoms with Crippen LogP contribution in [0.4, 0.5) is 0 Å². The van der Waals surface area contributed by atoms with E-state index in [2.05, 4.69) is 48.3 Å². The van der Waals surface area contributed by atoms with Gasteiger partial charge >= 0.3 is 0 Å². The molecular formula is C14H22BrNO2S. The van der Waals surface area contributed by atoms with Crippen LogP contribution in [-0.2, 0) is 10.0 Å². The average Bonchev–Trinajstić information content (AvgIpc) is 2.30. The minimum Gasteiger partial charge on any atom is -0.211 e. The Kier molecular flexibility index (Phi) is 5.21. The molecule has 0 fully saturated rings. The van der Waals surface area contributed by atoms with Crippen molar-refractivity contribution in [3.05, 3.63) is 28.2 Å². The van der Waals surface area contributed by atoms with Crippen LogP contribution in [0.5, 0.6) is 0 Å². The van der Waals surface area contributed by atoms with Gasteiger partial charge in [0.05, 0.1) is 4.90 Å². The van der Waals surface area contributed by atoms with Gasteiger partial charge in [0.1, 0.15) is 0 Å². The van der Waals surface area contributed by atoms with E-state index in [1.807, 2.05) is 6.07 Å². The molecule has 0 aliphatic rings. The molecule has 0 unspecified atom stereocenters. The Morgan fingerprint density at radius 2 is 1.89 bits per heavy atom. The van der Waals surface area contributed by atoms with E-state index in [0.29, 0.717) is 17.4 Å². The third kappa shape index (κ3) is 4.29. The Morgan fingerprint density at radius 3 is 2.42 bits per heavy atom. The molecule has 0 aliphatic carbocycles. The summed E-state index contributed by atoms with van der Waals surface area (Å²) < 4.78 is 28.2. The molecule has 0 radical (unpaired) electrons. The molecule has 0 saturated carbocycles. The highest BCUT2D eigenvalue weighted by molar-refractivity contribution is 9.10. The SMILES string of the molecule is Cc1ccc(Br)cc1S(=O)(=O)NCC(C)(C)C(C)C. The molecule has 1 aromatic carbocycles. The van der Waals surface area contributed by atoms with Crippen molar-refractivity contribution in [2.24, 2.45) is 11.3 Å². The van der Waals surface area contributed by atoms with Crippen LogP contribution < -0.4 is 4.72 Å². The maximum atomic E-state index is 12.3. The van der Waals surface area contributed by atoms with Crippen molar-refractivity contribution in [1.29, 1.82) is 0 Å². The molecule has 0 aromatic heterocycles. The Labute approximate surface area is 125 Å². The third-order valence-corrected chi connectivity index (χ3v) is 5.76. The molecule has 1 aromatic rings. The molecule has 0 aliphatic heterocycles. The first-order valence-corrected chi connectivity index (χ1v) is 8.60. The molecule has 1 rings (SSSR count). The summed E-state index contributed by atoms with van der Waals surface area (Å²) in [4.78, 5) is 0.335. The van der Waals surface area contributed by atoms with E-state index in [0.717, 1.165) is 10.0 Å². The summed E-state index contributed by atoms with van der Waals surface area (Å²) in [5.41, 5.74) is 0.672. The molecule has 0 saturated heterocycles. The Balaban J connectivity index is 2.97. The topological polar surface area (TPSA) is 46.2 Å². The molecule has 1 N–H and O–H groups in total. The lowest BCUT2D eigenvalue weighted by Crippen LogP contribution is -2.37. The minimum absolute atomic E-state index is 0.0764. The van der Waals surface area contributed by atoms with Gasteiger partial charge < -0.3 is 0 Å². The van der Waals surface area contributed by atoms with Crippen molar-refractivity contribution in [3.63, 3.8) is 0 Å². The monoisotopic (exact) mass is 347 g/mol. The van der Waals surface area contributed by atoms with Crippen LogP contribution in [0.25, 0.3) is 0 Å². The fourth-order valence-electron chi connectivity index (χ4n) is 1.43. The molecule has 0 atom stereocenters. The van der Waals surface area contributed by atoms with Gasteiger partial charge in [-0.15, -0.1) is 0 Å². The van der Waals surface area contributed by atoms with Crippen molar-refractivity contribution in [1.82, 2.24) is 4.72 Å². The lowest BCUT2D eigenvalue weighted by molar-refractivity contribution is 0.252. The van der Waals surface area contributed by atoms with Gasteiger partial charge in [0.2, 0.25) is 10.0 Å². The van der Waals surface area contributed by atoms with Crippen LogP contribution in [0.2, 0.25) is 0 Å². The zero-order valence-corrected chi connectivity index (χ0v) is 14.5. The molecule has 3 nitrogen and oxygen atoms in total. The highest BCUT2D eigenvalue weighted by Gasteiger charge is 2.26. The molecule has 0 amide bonds. The van der Waals surface area contributed by atoms with Crippen molar-refractivity contribution in [2.45, 2.75) is 39.5 Å². The fourth-order valence-corrected chi connectivity index (χ4v) is 3.43. The van der Waals surface area contributed by atoms with E-state index >= 15 is 0 Å². The fraction of sp³-hybridized carbons (Fsp3) is 0.571. The summed E-state index contributed by atoms with van der Waals surface area (Å²) in [5.74, 6) is 0.402. The van der Waals surface area contributed by atoms with E-state index in [4.69, 9.17) is 0 Å². The van der Waals surface area contributed by atoms with Crippen LogP contribution in [0.3, 0.4) is 0 Å². The molecule has 108 valence electrons. The van der Waals surface area contributed by atoms with Gasteiger partial charge in [-0.1, -0.05) is 49.7 Å². The van der Waals surface area contributed by atoms with Gasteiger partial charge in [0.15, 0.2) is 0 Å². The van der Waals surface area contributed by atoms with Gasteiger partial charge in [-0.05, 0) is 36.0 Å². The van der Waals surface area contributed by atoms with E-state index in [1.165, 1.54) is 0 Å². The normalized spacial score (nSPS) is 13.0. The second kappa shape index (κ2) is 5.94. The van der Waals surface area contributed by atoms with Crippen LogP contribution in [0.1, 0.15) is 33.3 Å². The molecule has 0 spiro atoms. The summed E-state index contributed by atoms with van der Waals surface area (Å²) in [5, 5.41) is 0. The van der Waals surface area contributed by atoms with Crippen LogP contribution in [0.15, 0.2) is 27.6 Å². The van der Waals surface area contributed by atoms with Crippen molar-refractivity contribution < 1.29 is 8.42 Å². The van der Waals surface area contributed by atoms with Gasteiger partial charge in [-0.2, -0.15) is 0 Å². The predicted molar refractivity (Wildman–Crippen MR) is 82.7 cm³/mol. The van der Waals surface area contributed by atoms with Crippen molar-refractivity contribution in [2.75, 3.05) is 6.54 Å². The first-order valence-electron chi connectivity index (χ1n) is 6.32. The Morgan fingerprint density at radius 1 is 1.32 bits per heavy atom. The first kappa shape index (κ1) is 16.7. The number of hydrogen-bond donors (Lipinski definition) is 1. The summed E-state index contributed by atoms with van der Waals surface area (Å²) in [6.45, 7) is 10.5. The molecule has 0 bridgehead atoms. The van der Waals surface area contributed by atoms with Crippen molar-refractivity contribution in [3.8, 4) is 0 Å². The maximum absolute atomic E-state index is 12.3. The number of rotatable bonds is 5. The zero-order chi connectivity index (χ0) is 14.8. The Bertz CT molecular complexity index is 551. The van der Waals surface area contributed by atoms with Crippen molar-refractivity contribution >= 4 is 26.0 Å². The summed E-state index contributed by atoms with van der Waals surface area (Å²) in [7, 11) is -3.46. The predicted octanol–water partition coefficient (Wildman–Crippen LogP) is 3.72. The number of hydrogen-bond acceptors (Lipinski definition) is 2. The van der Waals surface area contributed by atoms with Crippen LogP contribution in [0, 0.1) is 18.3 Å². The van der Waals surface area contributed by atoms with E-state index < -0.39 is 10.0 Å². The maximum Gasteiger partial charge on any atom is 0.240 e. The Hall–Kier alpha value is -0.390. The van der Waals surface area contributed by atoms with E-state index in [9.17, 15) is 8.42 Å². The van der Waals surface area contributed by atoms with Gasteiger partial charge in [0, 0.05) is 11.0 Å². The number of aryl methyl sites for hydroxylation is 1. The average molecular weight is 348 g/mol. The van der Waals surface area contributed by atoms with Gasteiger partial charge in [-0.3, -0.25) is 0 Å². The number of sulfonamides is 1. The second-order valence-electron chi connectivity index (χ2n) is 5.88. The number of halogens is 1. The molecule has 5 heteroatoms. The van der Waals surface area contributed by atoms with Crippen LogP contribution >= 0.6 is 15.9 Å². The smallest absolute Gasteiger partial charge is 0.211 e. The molecule has 0 heterocycles. The minimum atomic E-state index is -3.46. The largest absolute Gasteiger partial charge is 0.240 e. The summed E-state index contributed by atoms with van der Waals surface area (Å²) in [6.07, 6.45) is 0. The zero-order valence-electron chi connectivity index (χ0n) is 12.1. The summed E-state index contributed by atoms with van der Waals surface area (Å²) >= 11 is 3.31. The summed E-state index contributed by atoms with van der Waals surface area (Å²) in [6, 6.07) is 5.28. The van der Waals surface area contributed by atoms with Gasteiger partial charge in [-0.25, -0.2) is 13.1 Å². The lowest BCUT2D eigenvalue weighted by Gasteiger charge is -2.29. The van der Waals surface area contributed by atoms with E-state index in [-0.39, 0.29) is 5.41 Å². The molecular weight excluding hydrogens is 326 g/mol. The standard InChI is InChI=1S/C14H22BrNO2S/c1-10(2)14(4,5)9-16-19(17,18)13-8-12(15)7-6-11(13)3/h6-8,10,16H,9H2,1-5H3. The van der Waals surface area contributed by atoms with Gasteiger partial charge in [0.25, 0.3) is 0 Å². The quantitative estimate of drug-likeness (QED) is 0.882. The first-order chi connectivity index (χ1) is 8.56. The third-order valence-electron chi connectivity index (χ3n) is 3.72. The van der Waals surface area contributed by atoms with Crippen LogP contribution in [-0.4, -0.2) is 15.0 Å². The number of benzene rings is 1.